The third-order valence-corrected chi connectivity index (χ3v) is 4.17. The lowest BCUT2D eigenvalue weighted by atomic mass is 9.81. The van der Waals surface area contributed by atoms with Gasteiger partial charge in [0.1, 0.15) is 5.82 Å². The Hall–Kier alpha value is -0.710. The van der Waals surface area contributed by atoms with Gasteiger partial charge < -0.3 is 11.5 Å². The molecule has 1 aliphatic heterocycles. The van der Waals surface area contributed by atoms with Crippen LogP contribution in [0.3, 0.4) is 0 Å². The summed E-state index contributed by atoms with van der Waals surface area (Å²) >= 11 is 5.83. The van der Waals surface area contributed by atoms with Gasteiger partial charge in [-0.2, -0.15) is 0 Å². The second-order valence-corrected chi connectivity index (χ2v) is 5.34. The van der Waals surface area contributed by atoms with Gasteiger partial charge in [0, 0.05) is 17.8 Å². The summed E-state index contributed by atoms with van der Waals surface area (Å²) in [5.41, 5.74) is 0.284. The van der Waals surface area contributed by atoms with Crippen molar-refractivity contribution in [2.24, 2.45) is 5.92 Å². The predicted molar refractivity (Wildman–Crippen MR) is 68.6 cm³/mol. The van der Waals surface area contributed by atoms with Gasteiger partial charge in [-0.15, -0.1) is 0 Å². The first-order chi connectivity index (χ1) is 7.81. The van der Waals surface area contributed by atoms with Crippen molar-refractivity contribution in [3.05, 3.63) is 23.2 Å². The van der Waals surface area contributed by atoms with E-state index >= 15 is 0 Å². The zero-order valence-corrected chi connectivity index (χ0v) is 10.7. The molecule has 0 bridgehead atoms. The summed E-state index contributed by atoms with van der Waals surface area (Å²) in [6, 6.07) is 0. The summed E-state index contributed by atoms with van der Waals surface area (Å²) < 4.78 is 0. The second-order valence-electron chi connectivity index (χ2n) is 4.91. The fraction of sp³-hybridized carbons (Fsp3) is 0.667. The minimum atomic E-state index is 0. The van der Waals surface area contributed by atoms with Crippen LogP contribution in [0.15, 0.2) is 12.4 Å². The molecule has 1 aliphatic carbocycles. The van der Waals surface area contributed by atoms with Gasteiger partial charge in [-0.1, -0.05) is 11.6 Å². The maximum Gasteiger partial charge on any atom is 0.134 e. The van der Waals surface area contributed by atoms with Gasteiger partial charge in [-0.3, -0.25) is 0 Å². The van der Waals surface area contributed by atoms with E-state index in [9.17, 15) is 0 Å². The zero-order valence-electron chi connectivity index (χ0n) is 9.95. The first-order valence-corrected chi connectivity index (χ1v) is 6.38. The van der Waals surface area contributed by atoms with Crippen molar-refractivity contribution in [3.8, 4) is 0 Å². The topological polar surface area (TPSA) is 72.8 Å². The highest BCUT2D eigenvalue weighted by atomic mass is 35.5. The van der Waals surface area contributed by atoms with Crippen LogP contribution < -0.4 is 11.5 Å². The molecule has 2 heterocycles. The maximum atomic E-state index is 5.83. The Balaban J connectivity index is 0.00000108. The Morgan fingerprint density at radius 2 is 1.76 bits per heavy atom. The number of halogens is 1. The molecule has 17 heavy (non-hydrogen) atoms. The quantitative estimate of drug-likeness (QED) is 0.850. The Labute approximate surface area is 107 Å². The largest absolute Gasteiger partial charge is 0.344 e. The van der Waals surface area contributed by atoms with Gasteiger partial charge in [0.25, 0.3) is 0 Å². The molecule has 0 radical (unpaired) electrons. The normalized spacial score (nSPS) is 22.9. The van der Waals surface area contributed by atoms with Crippen molar-refractivity contribution in [3.63, 3.8) is 0 Å². The lowest BCUT2D eigenvalue weighted by Crippen LogP contribution is -2.35. The highest BCUT2D eigenvalue weighted by molar-refractivity contribution is 6.30. The van der Waals surface area contributed by atoms with Gasteiger partial charge >= 0.3 is 0 Å². The molecule has 0 unspecified atom stereocenters. The van der Waals surface area contributed by atoms with E-state index in [0.29, 0.717) is 5.02 Å². The molecule has 0 amide bonds. The first kappa shape index (κ1) is 12.7. The Morgan fingerprint density at radius 1 is 1.18 bits per heavy atom. The summed E-state index contributed by atoms with van der Waals surface area (Å²) in [5.74, 6) is 1.78. The van der Waals surface area contributed by atoms with Crippen molar-refractivity contribution < 1.29 is 0 Å². The van der Waals surface area contributed by atoms with Crippen LogP contribution in [0.25, 0.3) is 0 Å². The van der Waals surface area contributed by atoms with Crippen LogP contribution in [0.5, 0.6) is 0 Å². The first-order valence-electron chi connectivity index (χ1n) is 6.00. The summed E-state index contributed by atoms with van der Waals surface area (Å²) in [5, 5.41) is 4.04. The average molecular weight is 255 g/mol. The zero-order chi connectivity index (χ0) is 11.0. The number of hydrogen-bond acceptors (Lipinski definition) is 4. The Morgan fingerprint density at radius 3 is 2.29 bits per heavy atom. The smallest absolute Gasteiger partial charge is 0.134 e. The van der Waals surface area contributed by atoms with Crippen LogP contribution in [0.1, 0.15) is 31.5 Å². The van der Waals surface area contributed by atoms with E-state index in [2.05, 4.69) is 15.3 Å². The third kappa shape index (κ3) is 2.30. The number of rotatable bonds is 2. The molecular formula is C12H19ClN4. The van der Waals surface area contributed by atoms with Crippen LogP contribution in [-0.4, -0.2) is 23.1 Å². The summed E-state index contributed by atoms with van der Waals surface area (Å²) in [6.07, 6.45) is 8.46. The van der Waals surface area contributed by atoms with Crippen LogP contribution in [0.2, 0.25) is 5.02 Å². The van der Waals surface area contributed by atoms with Crippen LogP contribution in [-0.2, 0) is 5.41 Å². The molecule has 0 spiro atoms. The summed E-state index contributed by atoms with van der Waals surface area (Å²) in [7, 11) is 0. The maximum absolute atomic E-state index is 5.83. The molecule has 4 nitrogen and oxygen atoms in total. The molecule has 94 valence electrons. The fourth-order valence-electron chi connectivity index (χ4n) is 2.89. The monoisotopic (exact) mass is 254 g/mol. The number of nitrogens with one attached hydrogen (secondary N) is 1. The predicted octanol–water partition coefficient (Wildman–Crippen LogP) is 2.32. The summed E-state index contributed by atoms with van der Waals surface area (Å²) in [6.45, 7) is 2.28. The van der Waals surface area contributed by atoms with Crippen molar-refractivity contribution in [1.29, 1.82) is 0 Å². The van der Waals surface area contributed by atoms with E-state index < -0.39 is 0 Å². The molecule has 1 saturated carbocycles. The second kappa shape index (κ2) is 4.88. The molecule has 0 atom stereocenters. The fourth-order valence-corrected chi connectivity index (χ4v) is 2.99. The molecule has 2 aliphatic rings. The minimum absolute atomic E-state index is 0. The highest BCUT2D eigenvalue weighted by Gasteiger charge is 2.52. The molecule has 0 aromatic carbocycles. The summed E-state index contributed by atoms with van der Waals surface area (Å²) in [4.78, 5) is 8.85. The lowest BCUT2D eigenvalue weighted by molar-refractivity contribution is 0.294. The molecule has 1 aromatic rings. The van der Waals surface area contributed by atoms with Gasteiger partial charge in [-0.25, -0.2) is 9.97 Å². The Bertz CT molecular complexity index is 369. The van der Waals surface area contributed by atoms with E-state index in [4.69, 9.17) is 11.6 Å². The van der Waals surface area contributed by atoms with Crippen molar-refractivity contribution in [2.75, 3.05) is 13.1 Å². The number of aromatic nitrogens is 2. The lowest BCUT2D eigenvalue weighted by Gasteiger charge is -2.29. The number of nitrogens with zero attached hydrogens (tertiary/aromatic N) is 2. The number of hydrogen-bond donors (Lipinski definition) is 2. The molecule has 4 N–H and O–H groups in total. The van der Waals surface area contributed by atoms with Crippen molar-refractivity contribution >= 4 is 11.6 Å². The van der Waals surface area contributed by atoms with E-state index in [1.54, 1.807) is 12.4 Å². The third-order valence-electron chi connectivity index (χ3n) is 3.97. The molecule has 1 saturated heterocycles. The molecule has 3 rings (SSSR count). The van der Waals surface area contributed by atoms with Gasteiger partial charge in [0.2, 0.25) is 0 Å². The molecule has 2 fully saturated rings. The number of piperidine rings is 1. The van der Waals surface area contributed by atoms with Gasteiger partial charge in [-0.05, 0) is 44.7 Å². The minimum Gasteiger partial charge on any atom is -0.344 e. The van der Waals surface area contributed by atoms with Crippen LogP contribution in [0, 0.1) is 5.92 Å². The molecular weight excluding hydrogens is 236 g/mol. The van der Waals surface area contributed by atoms with E-state index in [1.807, 2.05) is 0 Å². The molecule has 5 heteroatoms. The Kier molecular flexibility index (Phi) is 3.66. The van der Waals surface area contributed by atoms with E-state index in [1.165, 1.54) is 25.7 Å². The average Bonchev–Trinajstić information content (AvgIpc) is 3.13. The van der Waals surface area contributed by atoms with Crippen LogP contribution >= 0.6 is 11.6 Å². The van der Waals surface area contributed by atoms with Crippen LogP contribution in [0.4, 0.5) is 0 Å². The standard InChI is InChI=1S/C12H16ClN3.H3N/c13-10-7-15-11(16-8-10)12(3-4-12)9-1-5-14-6-2-9;/h7-9,14H,1-6H2;1H3. The van der Waals surface area contributed by atoms with E-state index in [0.717, 1.165) is 24.8 Å². The van der Waals surface area contributed by atoms with Crippen molar-refractivity contribution in [2.45, 2.75) is 31.1 Å². The SMILES string of the molecule is Clc1cnc(C2(C3CCNCC3)CC2)nc1.N. The van der Waals surface area contributed by atoms with Crippen molar-refractivity contribution in [1.82, 2.24) is 21.4 Å². The highest BCUT2D eigenvalue weighted by Crippen LogP contribution is 2.55. The molecule has 1 aromatic heterocycles. The van der Waals surface area contributed by atoms with Gasteiger partial charge in [0.15, 0.2) is 0 Å². The van der Waals surface area contributed by atoms with Gasteiger partial charge in [0.05, 0.1) is 5.02 Å². The van der Waals surface area contributed by atoms with E-state index in [-0.39, 0.29) is 11.6 Å².